The van der Waals surface area contributed by atoms with Crippen molar-refractivity contribution in [3.05, 3.63) is 29.8 Å². The van der Waals surface area contributed by atoms with Crippen molar-refractivity contribution in [1.82, 2.24) is 15.5 Å². The van der Waals surface area contributed by atoms with Gasteiger partial charge in [-0.25, -0.2) is 0 Å². The third kappa shape index (κ3) is 5.13. The van der Waals surface area contributed by atoms with Gasteiger partial charge in [-0.1, -0.05) is 25.1 Å². The Bertz CT molecular complexity index is 498. The summed E-state index contributed by atoms with van der Waals surface area (Å²) in [6.07, 6.45) is 3.82. The van der Waals surface area contributed by atoms with Crippen molar-refractivity contribution in [2.75, 3.05) is 33.8 Å². The third-order valence-corrected chi connectivity index (χ3v) is 4.50. The second kappa shape index (κ2) is 9.40. The molecule has 2 rings (SSSR count). The highest BCUT2D eigenvalue weighted by Gasteiger charge is 2.20. The Morgan fingerprint density at radius 2 is 2.00 bits per heavy atom. The molecule has 5 heteroatoms. The SMILES string of the molecule is CCC(CNC(=NC)NCc1ccccc1OC)N1CCCC1. The second-order valence-electron chi connectivity index (χ2n) is 5.92. The fourth-order valence-electron chi connectivity index (χ4n) is 3.10. The molecule has 0 spiro atoms. The topological polar surface area (TPSA) is 48.9 Å². The lowest BCUT2D eigenvalue weighted by molar-refractivity contribution is 0.236. The number of likely N-dealkylation sites (tertiary alicyclic amines) is 1. The van der Waals surface area contributed by atoms with Gasteiger partial charge in [-0.3, -0.25) is 9.89 Å². The van der Waals surface area contributed by atoms with Gasteiger partial charge in [0.25, 0.3) is 0 Å². The molecular formula is C18H30N4O. The summed E-state index contributed by atoms with van der Waals surface area (Å²) < 4.78 is 5.39. The van der Waals surface area contributed by atoms with Gasteiger partial charge in [-0.2, -0.15) is 0 Å². The fourth-order valence-corrected chi connectivity index (χ4v) is 3.10. The molecule has 1 fully saturated rings. The molecule has 0 amide bonds. The Balaban J connectivity index is 1.83. The molecule has 0 saturated carbocycles. The van der Waals surface area contributed by atoms with Gasteiger partial charge in [0.2, 0.25) is 0 Å². The van der Waals surface area contributed by atoms with Crippen molar-refractivity contribution >= 4 is 5.96 Å². The summed E-state index contributed by atoms with van der Waals surface area (Å²) in [7, 11) is 3.52. The summed E-state index contributed by atoms with van der Waals surface area (Å²) in [6.45, 7) is 6.35. The molecule has 0 aromatic heterocycles. The molecule has 1 unspecified atom stereocenters. The van der Waals surface area contributed by atoms with Gasteiger partial charge in [0, 0.05) is 31.7 Å². The molecule has 5 nitrogen and oxygen atoms in total. The van der Waals surface area contributed by atoms with E-state index in [1.165, 1.54) is 25.9 Å². The summed E-state index contributed by atoms with van der Waals surface area (Å²) in [5.41, 5.74) is 1.13. The van der Waals surface area contributed by atoms with E-state index in [1.807, 2.05) is 25.2 Å². The van der Waals surface area contributed by atoms with Gasteiger partial charge in [0.1, 0.15) is 5.75 Å². The van der Waals surface area contributed by atoms with Crippen molar-refractivity contribution < 1.29 is 4.74 Å². The largest absolute Gasteiger partial charge is 0.496 e. The molecular weight excluding hydrogens is 288 g/mol. The van der Waals surface area contributed by atoms with E-state index >= 15 is 0 Å². The fraction of sp³-hybridized carbons (Fsp3) is 0.611. The molecule has 1 atom stereocenters. The van der Waals surface area contributed by atoms with E-state index in [0.717, 1.165) is 30.2 Å². The average molecular weight is 318 g/mol. The van der Waals surface area contributed by atoms with Crippen LogP contribution in [0.1, 0.15) is 31.7 Å². The first kappa shape index (κ1) is 17.6. The molecule has 0 radical (unpaired) electrons. The number of aliphatic imine (C=N–C) groups is 1. The molecule has 2 N–H and O–H groups in total. The minimum absolute atomic E-state index is 0.585. The van der Waals surface area contributed by atoms with Crippen LogP contribution in [0, 0.1) is 0 Å². The van der Waals surface area contributed by atoms with E-state index < -0.39 is 0 Å². The number of benzene rings is 1. The van der Waals surface area contributed by atoms with Crippen molar-refractivity contribution in [2.45, 2.75) is 38.8 Å². The van der Waals surface area contributed by atoms with Gasteiger partial charge in [0.05, 0.1) is 7.11 Å². The Morgan fingerprint density at radius 1 is 1.26 bits per heavy atom. The maximum Gasteiger partial charge on any atom is 0.191 e. The number of methoxy groups -OCH3 is 1. The highest BCUT2D eigenvalue weighted by molar-refractivity contribution is 5.79. The third-order valence-electron chi connectivity index (χ3n) is 4.50. The Kier molecular flexibility index (Phi) is 7.20. The molecule has 0 bridgehead atoms. The lowest BCUT2D eigenvalue weighted by Gasteiger charge is -2.27. The number of hydrogen-bond donors (Lipinski definition) is 2. The number of rotatable bonds is 7. The summed E-state index contributed by atoms with van der Waals surface area (Å²) in [5, 5.41) is 6.83. The minimum atomic E-state index is 0.585. The van der Waals surface area contributed by atoms with Crippen molar-refractivity contribution in [3.8, 4) is 5.75 Å². The lowest BCUT2D eigenvalue weighted by Crippen LogP contribution is -2.46. The molecule has 1 aromatic rings. The monoisotopic (exact) mass is 318 g/mol. The van der Waals surface area contributed by atoms with Gasteiger partial charge in [-0.05, 0) is 38.4 Å². The minimum Gasteiger partial charge on any atom is -0.496 e. The Labute approximate surface area is 140 Å². The smallest absolute Gasteiger partial charge is 0.191 e. The van der Waals surface area contributed by atoms with Gasteiger partial charge in [-0.15, -0.1) is 0 Å². The van der Waals surface area contributed by atoms with E-state index in [4.69, 9.17) is 4.74 Å². The Hall–Kier alpha value is -1.75. The molecule has 0 aliphatic carbocycles. The number of nitrogens with one attached hydrogen (secondary N) is 2. The van der Waals surface area contributed by atoms with Crippen LogP contribution in [0.4, 0.5) is 0 Å². The van der Waals surface area contributed by atoms with Crippen molar-refractivity contribution in [2.24, 2.45) is 4.99 Å². The van der Waals surface area contributed by atoms with Crippen LogP contribution in [0.3, 0.4) is 0 Å². The van der Waals surface area contributed by atoms with Crippen molar-refractivity contribution in [1.29, 1.82) is 0 Å². The van der Waals surface area contributed by atoms with E-state index in [0.29, 0.717) is 12.6 Å². The number of guanidine groups is 1. The maximum atomic E-state index is 5.39. The van der Waals surface area contributed by atoms with Crippen LogP contribution in [0.25, 0.3) is 0 Å². The normalized spacial score (nSPS) is 17.1. The van der Waals surface area contributed by atoms with Crippen LogP contribution in [0.2, 0.25) is 0 Å². The molecule has 23 heavy (non-hydrogen) atoms. The molecule has 1 aromatic carbocycles. The molecule has 1 aliphatic heterocycles. The zero-order valence-corrected chi connectivity index (χ0v) is 14.6. The van der Waals surface area contributed by atoms with Crippen LogP contribution >= 0.6 is 0 Å². The standard InChI is InChI=1S/C18H30N4O/c1-4-16(22-11-7-8-12-22)14-21-18(19-2)20-13-15-9-5-6-10-17(15)23-3/h5-6,9-10,16H,4,7-8,11-14H2,1-3H3,(H2,19,20,21). The molecule has 1 heterocycles. The van der Waals surface area contributed by atoms with E-state index in [-0.39, 0.29) is 0 Å². The molecule has 128 valence electrons. The van der Waals surface area contributed by atoms with E-state index in [9.17, 15) is 0 Å². The van der Waals surface area contributed by atoms with E-state index in [1.54, 1.807) is 7.11 Å². The number of para-hydroxylation sites is 1. The van der Waals surface area contributed by atoms with Crippen molar-refractivity contribution in [3.63, 3.8) is 0 Å². The predicted octanol–water partition coefficient (Wildman–Crippen LogP) is 2.23. The van der Waals surface area contributed by atoms with Crippen LogP contribution in [0.15, 0.2) is 29.3 Å². The van der Waals surface area contributed by atoms with Crippen LogP contribution in [0.5, 0.6) is 5.75 Å². The number of ether oxygens (including phenoxy) is 1. The maximum absolute atomic E-state index is 5.39. The highest BCUT2D eigenvalue weighted by Crippen LogP contribution is 2.16. The highest BCUT2D eigenvalue weighted by atomic mass is 16.5. The van der Waals surface area contributed by atoms with E-state index in [2.05, 4.69) is 33.5 Å². The number of hydrogen-bond acceptors (Lipinski definition) is 3. The first-order valence-electron chi connectivity index (χ1n) is 8.59. The van der Waals surface area contributed by atoms with Gasteiger partial charge in [0.15, 0.2) is 5.96 Å². The zero-order valence-electron chi connectivity index (χ0n) is 14.6. The summed E-state index contributed by atoms with van der Waals surface area (Å²) in [5.74, 6) is 1.74. The molecule has 1 saturated heterocycles. The summed E-state index contributed by atoms with van der Waals surface area (Å²) >= 11 is 0. The van der Waals surface area contributed by atoms with Gasteiger partial charge >= 0.3 is 0 Å². The van der Waals surface area contributed by atoms with Gasteiger partial charge < -0.3 is 15.4 Å². The average Bonchev–Trinajstić information content (AvgIpc) is 3.12. The first-order valence-corrected chi connectivity index (χ1v) is 8.59. The Morgan fingerprint density at radius 3 is 2.65 bits per heavy atom. The lowest BCUT2D eigenvalue weighted by atomic mass is 10.2. The first-order chi connectivity index (χ1) is 11.3. The molecule has 1 aliphatic rings. The van der Waals surface area contributed by atoms with Crippen LogP contribution < -0.4 is 15.4 Å². The summed E-state index contributed by atoms with van der Waals surface area (Å²) in [6, 6.07) is 8.64. The zero-order chi connectivity index (χ0) is 16.5. The predicted molar refractivity (Wildman–Crippen MR) is 96.1 cm³/mol. The summed E-state index contributed by atoms with van der Waals surface area (Å²) in [4.78, 5) is 6.91. The van der Waals surface area contributed by atoms with Crippen LogP contribution in [-0.4, -0.2) is 50.7 Å². The quantitative estimate of drug-likeness (QED) is 0.598. The second-order valence-corrected chi connectivity index (χ2v) is 5.92. The number of nitrogens with zero attached hydrogens (tertiary/aromatic N) is 2. The van der Waals surface area contributed by atoms with Crippen LogP contribution in [-0.2, 0) is 6.54 Å².